The minimum atomic E-state index is -0.194. The van der Waals surface area contributed by atoms with E-state index in [-0.39, 0.29) is 23.3 Å². The number of carbonyl (C=O) groups excluding carboxylic acids is 2. The zero-order valence-corrected chi connectivity index (χ0v) is 22.5. The molecule has 3 atom stereocenters. The molecule has 202 valence electrons. The van der Waals surface area contributed by atoms with Crippen LogP contribution in [0.25, 0.3) is 0 Å². The summed E-state index contributed by atoms with van der Waals surface area (Å²) < 4.78 is 0. The highest BCUT2D eigenvalue weighted by atomic mass is 16.2. The molecule has 2 fully saturated rings. The molecule has 0 saturated heterocycles. The van der Waals surface area contributed by atoms with E-state index in [2.05, 4.69) is 40.8 Å². The summed E-state index contributed by atoms with van der Waals surface area (Å²) >= 11 is 0. The number of amides is 2. The van der Waals surface area contributed by atoms with Gasteiger partial charge in [-0.15, -0.1) is 0 Å². The van der Waals surface area contributed by atoms with Crippen molar-refractivity contribution in [1.29, 1.82) is 0 Å². The Morgan fingerprint density at radius 3 is 2.74 bits per heavy atom. The lowest BCUT2D eigenvalue weighted by atomic mass is 9.90. The Balaban J connectivity index is 1.23. The van der Waals surface area contributed by atoms with Crippen LogP contribution >= 0.6 is 0 Å². The third-order valence-electron chi connectivity index (χ3n) is 8.73. The van der Waals surface area contributed by atoms with Crippen molar-refractivity contribution in [3.8, 4) is 0 Å². The molecule has 1 aromatic carbocycles. The van der Waals surface area contributed by atoms with E-state index in [1.54, 1.807) is 6.20 Å². The van der Waals surface area contributed by atoms with Gasteiger partial charge in [0.15, 0.2) is 0 Å². The van der Waals surface area contributed by atoms with Crippen molar-refractivity contribution in [3.05, 3.63) is 60.3 Å². The van der Waals surface area contributed by atoms with Crippen LogP contribution in [0.15, 0.2) is 59.8 Å². The van der Waals surface area contributed by atoms with E-state index in [4.69, 9.17) is 4.99 Å². The van der Waals surface area contributed by atoms with Crippen LogP contribution in [-0.2, 0) is 4.79 Å². The summed E-state index contributed by atoms with van der Waals surface area (Å²) in [5.74, 6) is 0.121. The summed E-state index contributed by atoms with van der Waals surface area (Å²) in [6, 6.07) is 6.37. The summed E-state index contributed by atoms with van der Waals surface area (Å²) in [4.78, 5) is 30.9. The van der Waals surface area contributed by atoms with Gasteiger partial charge in [-0.2, -0.15) is 0 Å². The number of aliphatic imine (C=N–C) groups is 1. The van der Waals surface area contributed by atoms with Crippen molar-refractivity contribution in [2.24, 2.45) is 10.9 Å². The van der Waals surface area contributed by atoms with Gasteiger partial charge in [-0.25, -0.2) is 0 Å². The van der Waals surface area contributed by atoms with Gasteiger partial charge in [0.05, 0.1) is 17.9 Å². The third-order valence-corrected chi connectivity index (χ3v) is 8.73. The molecule has 3 unspecified atom stereocenters. The van der Waals surface area contributed by atoms with Crippen LogP contribution in [-0.4, -0.2) is 41.7 Å². The lowest BCUT2D eigenvalue weighted by molar-refractivity contribution is -0.118. The molecule has 1 aromatic rings. The number of nitrogens with one attached hydrogen (secondary N) is 4. The molecule has 7 nitrogen and oxygen atoms in total. The Morgan fingerprint density at radius 2 is 2.00 bits per heavy atom. The minimum Gasteiger partial charge on any atom is -0.389 e. The average Bonchev–Trinajstić information content (AvgIpc) is 3.36. The molecule has 1 heterocycles. The molecule has 2 amide bonds. The normalized spacial score (nSPS) is 26.9. The van der Waals surface area contributed by atoms with Crippen LogP contribution in [0.1, 0.15) is 81.5 Å². The number of benzene rings is 1. The number of anilines is 1. The van der Waals surface area contributed by atoms with Crippen molar-refractivity contribution in [3.63, 3.8) is 0 Å². The number of nitrogens with zero attached hydrogens (tertiary/aromatic N) is 1. The summed E-state index contributed by atoms with van der Waals surface area (Å²) in [6.07, 6.45) is 18.2. The Bertz CT molecular complexity index is 1160. The highest BCUT2D eigenvalue weighted by Gasteiger charge is 2.38. The fraction of sp³-hybridized carbons (Fsp3) is 0.516. The molecule has 4 N–H and O–H groups in total. The van der Waals surface area contributed by atoms with Gasteiger partial charge in [0.2, 0.25) is 0 Å². The third kappa shape index (κ3) is 5.87. The molecule has 0 aromatic heterocycles. The first-order valence-corrected chi connectivity index (χ1v) is 14.3. The maximum absolute atomic E-state index is 13.3. The quantitative estimate of drug-likeness (QED) is 0.378. The van der Waals surface area contributed by atoms with E-state index in [1.165, 1.54) is 19.3 Å². The molecule has 0 spiro atoms. The van der Waals surface area contributed by atoms with Gasteiger partial charge in [-0.1, -0.05) is 51.0 Å². The average molecular weight is 516 g/mol. The maximum Gasteiger partial charge on any atom is 0.251 e. The van der Waals surface area contributed by atoms with Crippen LogP contribution in [0.3, 0.4) is 0 Å². The lowest BCUT2D eigenvalue weighted by Gasteiger charge is -2.30. The topological polar surface area (TPSA) is 94.6 Å². The number of hydrogen-bond acceptors (Lipinski definition) is 5. The molecule has 3 aliphatic carbocycles. The predicted octanol–water partition coefficient (Wildman–Crippen LogP) is 5.30. The first-order chi connectivity index (χ1) is 18.5. The molecule has 5 rings (SSSR count). The summed E-state index contributed by atoms with van der Waals surface area (Å²) in [6.45, 7) is 6.57. The van der Waals surface area contributed by atoms with E-state index in [0.29, 0.717) is 24.2 Å². The Hall–Kier alpha value is -3.35. The van der Waals surface area contributed by atoms with Gasteiger partial charge in [-0.05, 0) is 69.3 Å². The second-order valence-corrected chi connectivity index (χ2v) is 11.3. The largest absolute Gasteiger partial charge is 0.389 e. The van der Waals surface area contributed by atoms with E-state index in [9.17, 15) is 9.59 Å². The van der Waals surface area contributed by atoms with E-state index < -0.39 is 0 Å². The standard InChI is InChI=1S/C31H41N5O2/c1-3-31(17-16-25(19-31)32-4-2)36-30(38)23-14-15-26-27(18-23)35-28(20-33-26)21-10-12-22(13-11-21)29(37)34-24-8-6-5-7-9-24/h4,10,12-15,18,21,24-25,32-33H,2-3,5-9,11,16-17,19-20H2,1H3,(H,34,37)(H,36,38). The summed E-state index contributed by atoms with van der Waals surface area (Å²) in [7, 11) is 0. The predicted molar refractivity (Wildman–Crippen MR) is 154 cm³/mol. The number of carbonyl (C=O) groups is 2. The first-order valence-electron chi connectivity index (χ1n) is 14.3. The van der Waals surface area contributed by atoms with Crippen molar-refractivity contribution in [1.82, 2.24) is 16.0 Å². The molecule has 4 aliphatic rings. The Morgan fingerprint density at radius 1 is 1.16 bits per heavy atom. The number of hydrogen-bond donors (Lipinski definition) is 4. The molecule has 1 aliphatic heterocycles. The summed E-state index contributed by atoms with van der Waals surface area (Å²) in [5.41, 5.74) is 3.94. The molecule has 0 radical (unpaired) electrons. The zero-order valence-electron chi connectivity index (χ0n) is 22.5. The van der Waals surface area contributed by atoms with E-state index in [0.717, 1.165) is 67.6 Å². The van der Waals surface area contributed by atoms with Crippen molar-refractivity contribution >= 4 is 28.9 Å². The van der Waals surface area contributed by atoms with E-state index in [1.807, 2.05) is 30.4 Å². The minimum absolute atomic E-state index is 0.0371. The Labute approximate surface area is 226 Å². The van der Waals surface area contributed by atoms with E-state index >= 15 is 0 Å². The second-order valence-electron chi connectivity index (χ2n) is 11.3. The molecular formula is C31H41N5O2. The molecule has 2 saturated carbocycles. The van der Waals surface area contributed by atoms with Gasteiger partial charge in [0.1, 0.15) is 0 Å². The zero-order chi connectivity index (χ0) is 26.5. The van der Waals surface area contributed by atoms with Crippen LogP contribution in [0, 0.1) is 5.92 Å². The van der Waals surface area contributed by atoms with Gasteiger partial charge in [0.25, 0.3) is 11.8 Å². The molecule has 7 heteroatoms. The summed E-state index contributed by atoms with van der Waals surface area (Å²) in [5, 5.41) is 13.3. The van der Waals surface area contributed by atoms with Crippen LogP contribution in [0.4, 0.5) is 11.4 Å². The fourth-order valence-corrected chi connectivity index (χ4v) is 6.33. The van der Waals surface area contributed by atoms with Crippen LogP contribution in [0.5, 0.6) is 0 Å². The molecule has 0 bridgehead atoms. The molecule has 38 heavy (non-hydrogen) atoms. The van der Waals surface area contributed by atoms with Gasteiger partial charge in [-0.3, -0.25) is 14.6 Å². The highest BCUT2D eigenvalue weighted by Crippen LogP contribution is 2.35. The van der Waals surface area contributed by atoms with Crippen molar-refractivity contribution in [2.75, 3.05) is 11.9 Å². The lowest BCUT2D eigenvalue weighted by Crippen LogP contribution is -2.47. The molecular weight excluding hydrogens is 474 g/mol. The van der Waals surface area contributed by atoms with Crippen LogP contribution in [0.2, 0.25) is 0 Å². The number of allylic oxidation sites excluding steroid dienone is 2. The van der Waals surface area contributed by atoms with Crippen molar-refractivity contribution < 1.29 is 9.59 Å². The SMILES string of the molecule is C=CNC1CCC(CC)(NC(=O)c2ccc3c(c2)N=C(C2C=CC(C(=O)NC4CCCCC4)=CC2)CN3)C1. The second kappa shape index (κ2) is 11.6. The first kappa shape index (κ1) is 26.3. The number of rotatable bonds is 8. The monoisotopic (exact) mass is 515 g/mol. The van der Waals surface area contributed by atoms with Gasteiger partial charge in [0, 0.05) is 40.4 Å². The van der Waals surface area contributed by atoms with Gasteiger partial charge < -0.3 is 21.3 Å². The Kier molecular flexibility index (Phi) is 8.01. The van der Waals surface area contributed by atoms with Gasteiger partial charge >= 0.3 is 0 Å². The fourth-order valence-electron chi connectivity index (χ4n) is 6.33. The number of fused-ring (bicyclic) bond motifs is 1. The van der Waals surface area contributed by atoms with Crippen LogP contribution < -0.4 is 21.3 Å². The highest BCUT2D eigenvalue weighted by molar-refractivity contribution is 6.02. The van der Waals surface area contributed by atoms with Crippen molar-refractivity contribution in [2.45, 2.75) is 88.8 Å². The smallest absolute Gasteiger partial charge is 0.251 e. The maximum atomic E-state index is 13.3.